The van der Waals surface area contributed by atoms with Crippen molar-refractivity contribution in [2.75, 3.05) is 45.2 Å². The molecule has 0 aromatic heterocycles. The number of rotatable bonds is 9. The minimum Gasteiger partial charge on any atom is -0.494 e. The molecule has 192 valence electrons. The van der Waals surface area contributed by atoms with Gasteiger partial charge in [-0.25, -0.2) is 16.8 Å². The van der Waals surface area contributed by atoms with Gasteiger partial charge in [0.05, 0.1) is 22.4 Å². The van der Waals surface area contributed by atoms with Crippen molar-refractivity contribution in [3.8, 4) is 5.75 Å². The molecule has 0 saturated carbocycles. The first-order valence-corrected chi connectivity index (χ1v) is 14.2. The number of anilines is 1. The number of hydrogen-bond acceptors (Lipinski definition) is 7. The van der Waals surface area contributed by atoms with E-state index in [1.54, 1.807) is 13.0 Å². The SMILES string of the molecule is CCOc1ccc(S(=O)(=O)NC(C)C(=O)Nc2ccc(S(=O)(=O)N3CCN(C)CC3)cc2)cc1C. The number of nitrogens with one attached hydrogen (secondary N) is 2. The fourth-order valence-electron chi connectivity index (χ4n) is 3.60. The number of nitrogens with zero attached hydrogens (tertiary/aromatic N) is 2. The van der Waals surface area contributed by atoms with Crippen LogP contribution in [0.5, 0.6) is 5.75 Å². The van der Waals surface area contributed by atoms with Crippen LogP contribution in [0.2, 0.25) is 0 Å². The van der Waals surface area contributed by atoms with Crippen LogP contribution in [-0.4, -0.2) is 77.8 Å². The third-order valence-electron chi connectivity index (χ3n) is 5.70. The molecule has 3 rings (SSSR count). The molecule has 1 amide bonds. The summed E-state index contributed by atoms with van der Waals surface area (Å²) in [5.41, 5.74) is 1.02. The standard InChI is InChI=1S/C23H32N4O6S2/c1-5-33-22-11-10-21(16-17(22)2)34(29,30)25-18(3)23(28)24-19-6-8-20(9-7-19)35(31,32)27-14-12-26(4)13-15-27/h6-11,16,18,25H,5,12-15H2,1-4H3,(H,24,28). The Labute approximate surface area is 207 Å². The molecule has 12 heteroatoms. The number of carbonyl (C=O) groups is 1. The Morgan fingerprint density at radius 2 is 1.60 bits per heavy atom. The number of carbonyl (C=O) groups excluding carboxylic acids is 1. The van der Waals surface area contributed by atoms with Crippen LogP contribution in [0, 0.1) is 6.92 Å². The number of hydrogen-bond donors (Lipinski definition) is 2. The molecular weight excluding hydrogens is 492 g/mol. The van der Waals surface area contributed by atoms with E-state index in [-0.39, 0.29) is 9.79 Å². The second-order valence-electron chi connectivity index (χ2n) is 8.42. The zero-order chi connectivity index (χ0) is 25.8. The summed E-state index contributed by atoms with van der Waals surface area (Å²) in [6.45, 7) is 7.64. The Kier molecular flexibility index (Phi) is 8.54. The van der Waals surface area contributed by atoms with Crippen LogP contribution in [0.25, 0.3) is 0 Å². The highest BCUT2D eigenvalue weighted by atomic mass is 32.2. The van der Waals surface area contributed by atoms with Gasteiger partial charge in [0.2, 0.25) is 26.0 Å². The lowest BCUT2D eigenvalue weighted by molar-refractivity contribution is -0.117. The number of amides is 1. The average Bonchev–Trinajstić information content (AvgIpc) is 2.80. The van der Waals surface area contributed by atoms with Gasteiger partial charge in [0, 0.05) is 31.9 Å². The number of ether oxygens (including phenoxy) is 1. The van der Waals surface area contributed by atoms with Crippen molar-refractivity contribution >= 4 is 31.6 Å². The summed E-state index contributed by atoms with van der Waals surface area (Å²) >= 11 is 0. The van der Waals surface area contributed by atoms with Crippen molar-refractivity contribution in [2.45, 2.75) is 36.6 Å². The van der Waals surface area contributed by atoms with E-state index in [4.69, 9.17) is 4.74 Å². The molecule has 1 saturated heterocycles. The van der Waals surface area contributed by atoms with E-state index in [0.717, 1.165) is 0 Å². The van der Waals surface area contributed by atoms with E-state index in [1.165, 1.54) is 47.6 Å². The van der Waals surface area contributed by atoms with Gasteiger partial charge in [0.15, 0.2) is 0 Å². The van der Waals surface area contributed by atoms with Crippen LogP contribution in [0.4, 0.5) is 5.69 Å². The minimum absolute atomic E-state index is 0.0246. The zero-order valence-corrected chi connectivity index (χ0v) is 21.9. The van der Waals surface area contributed by atoms with Crippen molar-refractivity contribution in [2.24, 2.45) is 0 Å². The molecule has 0 spiro atoms. The lowest BCUT2D eigenvalue weighted by Crippen LogP contribution is -2.47. The topological polar surface area (TPSA) is 125 Å². The quantitative estimate of drug-likeness (QED) is 0.511. The summed E-state index contributed by atoms with van der Waals surface area (Å²) in [6.07, 6.45) is 0. The smallest absolute Gasteiger partial charge is 0.243 e. The Hall–Kier alpha value is -2.51. The minimum atomic E-state index is -3.95. The maximum absolute atomic E-state index is 12.8. The summed E-state index contributed by atoms with van der Waals surface area (Å²) in [4.78, 5) is 14.8. The fraction of sp³-hybridized carbons (Fsp3) is 0.435. The lowest BCUT2D eigenvalue weighted by Gasteiger charge is -2.31. The molecule has 1 atom stereocenters. The normalized spacial score (nSPS) is 16.6. The van der Waals surface area contributed by atoms with Gasteiger partial charge in [-0.15, -0.1) is 0 Å². The van der Waals surface area contributed by atoms with Gasteiger partial charge in [-0.1, -0.05) is 0 Å². The molecule has 0 aliphatic carbocycles. The van der Waals surface area contributed by atoms with Crippen molar-refractivity contribution in [3.05, 3.63) is 48.0 Å². The third-order valence-corrected chi connectivity index (χ3v) is 9.15. The molecule has 1 unspecified atom stereocenters. The van der Waals surface area contributed by atoms with Crippen LogP contribution >= 0.6 is 0 Å². The first kappa shape index (κ1) is 27.1. The first-order valence-electron chi connectivity index (χ1n) is 11.3. The highest BCUT2D eigenvalue weighted by Crippen LogP contribution is 2.22. The van der Waals surface area contributed by atoms with Crippen molar-refractivity contribution in [3.63, 3.8) is 0 Å². The van der Waals surface area contributed by atoms with Crippen LogP contribution in [0.15, 0.2) is 52.3 Å². The van der Waals surface area contributed by atoms with Gasteiger partial charge < -0.3 is 15.0 Å². The first-order chi connectivity index (χ1) is 16.4. The van der Waals surface area contributed by atoms with E-state index >= 15 is 0 Å². The number of sulfonamides is 2. The summed E-state index contributed by atoms with van der Waals surface area (Å²) < 4.78 is 60.4. The fourth-order valence-corrected chi connectivity index (χ4v) is 6.31. The van der Waals surface area contributed by atoms with Gasteiger partial charge >= 0.3 is 0 Å². The number of benzene rings is 2. The van der Waals surface area contributed by atoms with Crippen molar-refractivity contribution < 1.29 is 26.4 Å². The molecule has 1 aliphatic heterocycles. The molecule has 0 radical (unpaired) electrons. The Morgan fingerprint density at radius 3 is 2.17 bits per heavy atom. The van der Waals surface area contributed by atoms with E-state index in [9.17, 15) is 21.6 Å². The van der Waals surface area contributed by atoms with Gasteiger partial charge in [-0.2, -0.15) is 9.03 Å². The maximum Gasteiger partial charge on any atom is 0.243 e. The number of piperazine rings is 1. The van der Waals surface area contributed by atoms with Crippen molar-refractivity contribution in [1.82, 2.24) is 13.9 Å². The second kappa shape index (κ2) is 11.0. The lowest BCUT2D eigenvalue weighted by atomic mass is 10.2. The van der Waals surface area contributed by atoms with Gasteiger partial charge in [0.1, 0.15) is 5.75 Å². The predicted octanol–water partition coefficient (Wildman–Crippen LogP) is 1.64. The van der Waals surface area contributed by atoms with Crippen LogP contribution in [-0.2, 0) is 24.8 Å². The monoisotopic (exact) mass is 524 g/mol. The van der Waals surface area contributed by atoms with Crippen LogP contribution < -0.4 is 14.8 Å². The molecule has 2 aromatic carbocycles. The zero-order valence-electron chi connectivity index (χ0n) is 20.3. The molecule has 1 fully saturated rings. The highest BCUT2D eigenvalue weighted by molar-refractivity contribution is 7.89. The second-order valence-corrected chi connectivity index (χ2v) is 12.1. The third kappa shape index (κ3) is 6.58. The Balaban J connectivity index is 1.63. The van der Waals surface area contributed by atoms with Gasteiger partial charge in [0.25, 0.3) is 0 Å². The number of aryl methyl sites for hydroxylation is 1. The average molecular weight is 525 g/mol. The molecule has 35 heavy (non-hydrogen) atoms. The summed E-state index contributed by atoms with van der Waals surface area (Å²) in [5.74, 6) is 0.0150. The Morgan fingerprint density at radius 1 is 1.00 bits per heavy atom. The van der Waals surface area contributed by atoms with E-state index in [1.807, 2.05) is 14.0 Å². The predicted molar refractivity (Wildman–Crippen MR) is 133 cm³/mol. The van der Waals surface area contributed by atoms with E-state index in [2.05, 4.69) is 14.9 Å². The van der Waals surface area contributed by atoms with Crippen LogP contribution in [0.1, 0.15) is 19.4 Å². The van der Waals surface area contributed by atoms with E-state index in [0.29, 0.717) is 49.8 Å². The molecule has 10 nitrogen and oxygen atoms in total. The summed E-state index contributed by atoms with van der Waals surface area (Å²) in [5, 5.41) is 2.62. The van der Waals surface area contributed by atoms with Crippen LogP contribution in [0.3, 0.4) is 0 Å². The molecule has 1 heterocycles. The molecular formula is C23H32N4O6S2. The summed E-state index contributed by atoms with van der Waals surface area (Å²) in [6, 6.07) is 9.25. The number of likely N-dealkylation sites (N-methyl/N-ethyl adjacent to an activating group) is 1. The van der Waals surface area contributed by atoms with E-state index < -0.39 is 32.0 Å². The summed E-state index contributed by atoms with van der Waals surface area (Å²) in [7, 11) is -5.62. The molecule has 0 bridgehead atoms. The largest absolute Gasteiger partial charge is 0.494 e. The molecule has 2 aromatic rings. The highest BCUT2D eigenvalue weighted by Gasteiger charge is 2.27. The van der Waals surface area contributed by atoms with Crippen molar-refractivity contribution in [1.29, 1.82) is 0 Å². The Bertz CT molecular complexity index is 1260. The van der Waals surface area contributed by atoms with Gasteiger partial charge in [-0.05, 0) is 75.8 Å². The van der Waals surface area contributed by atoms with Gasteiger partial charge in [-0.3, -0.25) is 4.79 Å². The molecule has 1 aliphatic rings. The molecule has 2 N–H and O–H groups in total. The maximum atomic E-state index is 12.8.